The highest BCUT2D eigenvalue weighted by Gasteiger charge is 2.14. The fourth-order valence-electron chi connectivity index (χ4n) is 2.61. The van der Waals surface area contributed by atoms with Gasteiger partial charge in [0.1, 0.15) is 5.75 Å². The Kier molecular flexibility index (Phi) is 5.67. The maximum absolute atomic E-state index is 9.37. The first-order valence-corrected chi connectivity index (χ1v) is 7.45. The van der Waals surface area contributed by atoms with Crippen LogP contribution in [0.4, 0.5) is 0 Å². The summed E-state index contributed by atoms with van der Waals surface area (Å²) in [5.74, 6) is 1.27. The van der Waals surface area contributed by atoms with Crippen molar-refractivity contribution in [1.29, 1.82) is 0 Å². The first-order chi connectivity index (χ1) is 9.24. The molecule has 0 unspecified atom stereocenters. The molecule has 1 heterocycles. The lowest BCUT2D eigenvalue weighted by Gasteiger charge is -2.30. The highest BCUT2D eigenvalue weighted by molar-refractivity contribution is 5.26. The van der Waals surface area contributed by atoms with Crippen molar-refractivity contribution in [2.75, 3.05) is 26.2 Å². The Morgan fingerprint density at radius 1 is 1.32 bits per heavy atom. The smallest absolute Gasteiger partial charge is 0.115 e. The third-order valence-electron chi connectivity index (χ3n) is 3.94. The lowest BCUT2D eigenvalue weighted by Crippen LogP contribution is -2.34. The third-order valence-corrected chi connectivity index (χ3v) is 3.94. The van der Waals surface area contributed by atoms with E-state index < -0.39 is 0 Å². The van der Waals surface area contributed by atoms with E-state index in [1.165, 1.54) is 38.9 Å². The molecule has 3 nitrogen and oxygen atoms in total. The summed E-state index contributed by atoms with van der Waals surface area (Å²) in [5, 5.41) is 12.8. The number of phenolic OH excluding ortho intramolecular Hbond substituents is 1. The van der Waals surface area contributed by atoms with E-state index in [-0.39, 0.29) is 0 Å². The third kappa shape index (κ3) is 5.21. The summed E-state index contributed by atoms with van der Waals surface area (Å²) in [5.41, 5.74) is 1.15. The molecule has 0 atom stereocenters. The SMILES string of the molecule is CC1CCN(CCCNCc2cccc(O)c2)CC1. The molecule has 0 bridgehead atoms. The fourth-order valence-corrected chi connectivity index (χ4v) is 2.61. The number of aromatic hydroxyl groups is 1. The molecule has 1 aliphatic rings. The molecule has 19 heavy (non-hydrogen) atoms. The normalized spacial score (nSPS) is 17.7. The van der Waals surface area contributed by atoms with Crippen molar-refractivity contribution >= 4 is 0 Å². The van der Waals surface area contributed by atoms with Crippen LogP contribution in [0, 0.1) is 5.92 Å². The average Bonchev–Trinajstić information content (AvgIpc) is 2.41. The first kappa shape index (κ1) is 14.4. The summed E-state index contributed by atoms with van der Waals surface area (Å²) < 4.78 is 0. The molecule has 0 aliphatic carbocycles. The van der Waals surface area contributed by atoms with Gasteiger partial charge in [-0.3, -0.25) is 0 Å². The number of nitrogens with zero attached hydrogens (tertiary/aromatic N) is 1. The van der Waals surface area contributed by atoms with Crippen LogP contribution in [-0.4, -0.2) is 36.2 Å². The number of nitrogens with one attached hydrogen (secondary N) is 1. The van der Waals surface area contributed by atoms with Crippen molar-refractivity contribution in [2.24, 2.45) is 5.92 Å². The Balaban J connectivity index is 1.55. The monoisotopic (exact) mass is 262 g/mol. The van der Waals surface area contributed by atoms with Crippen LogP contribution in [-0.2, 0) is 6.54 Å². The van der Waals surface area contributed by atoms with Gasteiger partial charge in [-0.1, -0.05) is 19.1 Å². The van der Waals surface area contributed by atoms with Crippen molar-refractivity contribution in [3.05, 3.63) is 29.8 Å². The van der Waals surface area contributed by atoms with Crippen molar-refractivity contribution in [3.63, 3.8) is 0 Å². The van der Waals surface area contributed by atoms with Gasteiger partial charge in [0.15, 0.2) is 0 Å². The quantitative estimate of drug-likeness (QED) is 0.774. The number of benzene rings is 1. The number of piperidine rings is 1. The van der Waals surface area contributed by atoms with E-state index in [2.05, 4.69) is 17.1 Å². The van der Waals surface area contributed by atoms with Gasteiger partial charge in [-0.25, -0.2) is 0 Å². The van der Waals surface area contributed by atoms with Crippen molar-refractivity contribution in [3.8, 4) is 5.75 Å². The van der Waals surface area contributed by atoms with E-state index in [0.717, 1.165) is 24.6 Å². The second-order valence-electron chi connectivity index (χ2n) is 5.72. The highest BCUT2D eigenvalue weighted by Crippen LogP contribution is 2.15. The van der Waals surface area contributed by atoms with Crippen molar-refractivity contribution in [1.82, 2.24) is 10.2 Å². The maximum atomic E-state index is 9.37. The molecule has 1 saturated heterocycles. The second kappa shape index (κ2) is 7.51. The van der Waals surface area contributed by atoms with Gasteiger partial charge in [0.05, 0.1) is 0 Å². The molecule has 1 fully saturated rings. The fraction of sp³-hybridized carbons (Fsp3) is 0.625. The summed E-state index contributed by atoms with van der Waals surface area (Å²) in [6.07, 6.45) is 3.92. The number of likely N-dealkylation sites (tertiary alicyclic amines) is 1. The summed E-state index contributed by atoms with van der Waals surface area (Å²) >= 11 is 0. The zero-order valence-electron chi connectivity index (χ0n) is 11.9. The summed E-state index contributed by atoms with van der Waals surface area (Å²) in [6.45, 7) is 7.99. The molecule has 106 valence electrons. The number of rotatable bonds is 6. The van der Waals surface area contributed by atoms with E-state index in [1.54, 1.807) is 6.07 Å². The Morgan fingerprint density at radius 3 is 2.84 bits per heavy atom. The summed E-state index contributed by atoms with van der Waals surface area (Å²) in [6, 6.07) is 7.46. The molecular weight excluding hydrogens is 236 g/mol. The van der Waals surface area contributed by atoms with Crippen LogP contribution in [0.15, 0.2) is 24.3 Å². The highest BCUT2D eigenvalue weighted by atomic mass is 16.3. The second-order valence-corrected chi connectivity index (χ2v) is 5.72. The van der Waals surface area contributed by atoms with E-state index in [0.29, 0.717) is 5.75 Å². The predicted octanol–water partition coefficient (Wildman–Crippen LogP) is 2.60. The molecule has 3 heteroatoms. The van der Waals surface area contributed by atoms with Crippen LogP contribution in [0.2, 0.25) is 0 Å². The zero-order valence-corrected chi connectivity index (χ0v) is 11.9. The van der Waals surface area contributed by atoms with Crippen LogP contribution in [0.1, 0.15) is 31.7 Å². The minimum atomic E-state index is 0.349. The van der Waals surface area contributed by atoms with Gasteiger partial charge in [-0.05, 0) is 69.1 Å². The molecule has 2 N–H and O–H groups in total. The zero-order chi connectivity index (χ0) is 13.5. The Labute approximate surface area is 116 Å². The van der Waals surface area contributed by atoms with Crippen LogP contribution < -0.4 is 5.32 Å². The largest absolute Gasteiger partial charge is 0.508 e. The van der Waals surface area contributed by atoms with Gasteiger partial charge in [0.2, 0.25) is 0 Å². The molecule has 0 saturated carbocycles. The molecule has 0 spiro atoms. The van der Waals surface area contributed by atoms with Crippen LogP contribution in [0.25, 0.3) is 0 Å². The molecule has 1 aromatic rings. The van der Waals surface area contributed by atoms with E-state index >= 15 is 0 Å². The van der Waals surface area contributed by atoms with E-state index in [9.17, 15) is 5.11 Å². The number of phenols is 1. The van der Waals surface area contributed by atoms with Crippen molar-refractivity contribution in [2.45, 2.75) is 32.7 Å². The van der Waals surface area contributed by atoms with Crippen LogP contribution in [0.3, 0.4) is 0 Å². The minimum Gasteiger partial charge on any atom is -0.508 e. The Bertz CT molecular complexity index is 373. The van der Waals surface area contributed by atoms with Gasteiger partial charge in [-0.2, -0.15) is 0 Å². The number of hydrogen-bond acceptors (Lipinski definition) is 3. The Morgan fingerprint density at radius 2 is 2.11 bits per heavy atom. The van der Waals surface area contributed by atoms with Gasteiger partial charge in [0.25, 0.3) is 0 Å². The molecule has 1 aliphatic heterocycles. The van der Waals surface area contributed by atoms with E-state index in [1.807, 2.05) is 18.2 Å². The van der Waals surface area contributed by atoms with Gasteiger partial charge < -0.3 is 15.3 Å². The average molecular weight is 262 g/mol. The molecule has 0 aromatic heterocycles. The molecule has 1 aromatic carbocycles. The minimum absolute atomic E-state index is 0.349. The Hall–Kier alpha value is -1.06. The summed E-state index contributed by atoms with van der Waals surface area (Å²) in [4.78, 5) is 2.58. The lowest BCUT2D eigenvalue weighted by molar-refractivity contribution is 0.190. The molecule has 0 radical (unpaired) electrons. The van der Waals surface area contributed by atoms with Crippen LogP contribution in [0.5, 0.6) is 5.75 Å². The maximum Gasteiger partial charge on any atom is 0.115 e. The van der Waals surface area contributed by atoms with Gasteiger partial charge >= 0.3 is 0 Å². The predicted molar refractivity (Wildman–Crippen MR) is 79.3 cm³/mol. The molecule has 2 rings (SSSR count). The topological polar surface area (TPSA) is 35.5 Å². The van der Waals surface area contributed by atoms with Crippen molar-refractivity contribution < 1.29 is 5.11 Å². The molecule has 0 amide bonds. The van der Waals surface area contributed by atoms with Gasteiger partial charge in [-0.15, -0.1) is 0 Å². The van der Waals surface area contributed by atoms with Crippen LogP contribution >= 0.6 is 0 Å². The van der Waals surface area contributed by atoms with Gasteiger partial charge in [0, 0.05) is 6.54 Å². The molecular formula is C16H26N2O. The number of hydrogen-bond donors (Lipinski definition) is 2. The first-order valence-electron chi connectivity index (χ1n) is 7.45. The summed E-state index contributed by atoms with van der Waals surface area (Å²) in [7, 11) is 0. The van der Waals surface area contributed by atoms with E-state index in [4.69, 9.17) is 0 Å². The lowest BCUT2D eigenvalue weighted by atomic mass is 9.99. The standard InChI is InChI=1S/C16H26N2O/c1-14-6-10-18(11-7-14)9-3-8-17-13-15-4-2-5-16(19)12-15/h2,4-5,12,14,17,19H,3,6-11,13H2,1H3.